The molecule has 12 heterocycles. The summed E-state index contributed by atoms with van der Waals surface area (Å²) >= 11 is 6.35. The van der Waals surface area contributed by atoms with E-state index in [-0.39, 0.29) is 77.6 Å². The van der Waals surface area contributed by atoms with E-state index in [1.165, 1.54) is 38.2 Å². The number of piperidine rings is 2. The molecule has 6 fully saturated rings. The van der Waals surface area contributed by atoms with Crippen molar-refractivity contribution in [1.82, 2.24) is 78.8 Å². The summed E-state index contributed by atoms with van der Waals surface area (Å²) in [6, 6.07) is 26.2. The Morgan fingerprint density at radius 3 is 1.22 bits per heavy atom. The van der Waals surface area contributed by atoms with Gasteiger partial charge in [-0.2, -0.15) is 58.7 Å². The van der Waals surface area contributed by atoms with Gasteiger partial charge in [0.05, 0.1) is 36.7 Å². The van der Waals surface area contributed by atoms with E-state index in [2.05, 4.69) is 168 Å². The highest BCUT2D eigenvalue weighted by Gasteiger charge is 2.34. The van der Waals surface area contributed by atoms with Crippen LogP contribution in [0.25, 0.3) is 16.9 Å². The molecule has 2 amide bonds. The SMILES string of the molecule is CC(C)c1cnn2c(NCc3cccc(CC(=O)C4CCCCN4C(=O)/C=C/CBr)c3)nc(NC3CCOCC3)nc12.CC(C)c1cnn2c(NCc3cccc(CC(=O)C4CCCCN4C(=O)/C=C/CN4CCCC4)c3)nc(NC3CCOCC3)nc12.CCCC(NC)C(=O)Cc1ccccc1.CCCCC.CNc1nc(NC2CCOCC2)nc2c(C(C)C)cnn12.O=C(O)/C=C/CBr. The first-order chi connectivity index (χ1) is 66.0. The Hall–Kier alpha value is -10.5. The number of hydrogen-bond donors (Lipinski definition) is 8. The molecule has 6 saturated heterocycles. The van der Waals surface area contributed by atoms with Gasteiger partial charge < -0.3 is 66.3 Å². The number of carboxylic acid groups (broad SMARTS) is 1. The van der Waals surface area contributed by atoms with Crippen molar-refractivity contribution >= 4 is 120 Å². The number of aliphatic carboxylic acids is 1. The fourth-order valence-electron chi connectivity index (χ4n) is 17.1. The number of ether oxygens (including phenoxy) is 3. The van der Waals surface area contributed by atoms with Crippen LogP contribution < -0.4 is 37.2 Å². The van der Waals surface area contributed by atoms with Gasteiger partial charge in [0.2, 0.25) is 47.5 Å². The van der Waals surface area contributed by atoms with Crippen molar-refractivity contribution in [3.63, 3.8) is 0 Å². The van der Waals surface area contributed by atoms with E-state index < -0.39 is 5.97 Å². The van der Waals surface area contributed by atoms with Gasteiger partial charge in [-0.05, 0) is 168 Å². The molecule has 6 aliphatic rings. The van der Waals surface area contributed by atoms with Gasteiger partial charge in [-0.3, -0.25) is 28.9 Å². The average molecular weight is 2000 g/mol. The number of nitrogens with one attached hydrogen (secondary N) is 7. The number of rotatable bonds is 37. The lowest BCUT2D eigenvalue weighted by Crippen LogP contribution is -2.48. The maximum Gasteiger partial charge on any atom is 0.328 e. The normalized spacial score (nSPS) is 17.1. The second-order valence-corrected chi connectivity index (χ2v) is 37.4. The number of fused-ring (bicyclic) bond motifs is 3. The smallest absolute Gasteiger partial charge is 0.328 e. The van der Waals surface area contributed by atoms with Gasteiger partial charge in [-0.25, -0.2) is 4.79 Å². The van der Waals surface area contributed by atoms with Crippen LogP contribution in [0.1, 0.15) is 247 Å². The van der Waals surface area contributed by atoms with Crippen molar-refractivity contribution < 1.29 is 48.1 Å². The molecule has 3 aromatic carbocycles. The summed E-state index contributed by atoms with van der Waals surface area (Å²) in [5.41, 5.74) is 10.7. The van der Waals surface area contributed by atoms with Gasteiger partial charge >= 0.3 is 5.97 Å². The number of benzene rings is 3. The summed E-state index contributed by atoms with van der Waals surface area (Å²) in [6.07, 6.45) is 35.6. The number of unbranched alkanes of at least 4 members (excludes halogenated alkanes) is 2. The summed E-state index contributed by atoms with van der Waals surface area (Å²) in [5.74, 6) is 4.08. The van der Waals surface area contributed by atoms with Crippen LogP contribution in [-0.2, 0) is 75.3 Å². The third-order valence-corrected chi connectivity index (χ3v) is 25.4. The topological polar surface area (TPSA) is 374 Å². The van der Waals surface area contributed by atoms with E-state index in [0.29, 0.717) is 104 Å². The van der Waals surface area contributed by atoms with Crippen molar-refractivity contribution in [2.24, 2.45) is 0 Å². The molecule has 0 saturated carbocycles. The van der Waals surface area contributed by atoms with Crippen molar-refractivity contribution in [2.45, 2.75) is 271 Å². The summed E-state index contributed by atoms with van der Waals surface area (Å²) < 4.78 is 21.7. The zero-order valence-electron chi connectivity index (χ0n) is 81.6. The Kier molecular flexibility index (Phi) is 45.6. The molecule has 32 nitrogen and oxygen atoms in total. The van der Waals surface area contributed by atoms with E-state index in [0.717, 1.165) is 210 Å². The van der Waals surface area contributed by atoms with Crippen molar-refractivity contribution in [3.05, 3.63) is 178 Å². The van der Waals surface area contributed by atoms with E-state index in [4.69, 9.17) is 39.3 Å². The molecular formula is C102H146Br2N22O10. The first-order valence-corrected chi connectivity index (χ1v) is 51.3. The Balaban J connectivity index is 0.000000192. The van der Waals surface area contributed by atoms with Gasteiger partial charge in [0, 0.05) is 156 Å². The van der Waals surface area contributed by atoms with Crippen molar-refractivity contribution in [2.75, 3.05) is 129 Å². The van der Waals surface area contributed by atoms with Crippen LogP contribution in [0, 0.1) is 0 Å². The number of halogens is 2. The van der Waals surface area contributed by atoms with Crippen molar-refractivity contribution in [1.29, 1.82) is 0 Å². The van der Waals surface area contributed by atoms with Gasteiger partial charge in [-0.1, -0.05) is 217 Å². The number of nitrogens with zero attached hydrogens (tertiary/aromatic N) is 15. The zero-order valence-corrected chi connectivity index (χ0v) is 84.8. The standard InChI is InChI=1S/C35H48N8O3.C31H40BrN7O3.C14H22N6O.C13H19NO.C5H12.C4H5BrO2/c1-25(2)29-24-37-43-33(29)39-34(38-28-13-19-46-20-14-28)40-35(43)36-23-27-10-7-9-26(21-27)22-31(44)30-11-3-4-18-42(30)32(45)12-8-17-41-15-5-6-16-41;1-21(2)25-20-34-39-29(25)36-30(35-24-11-15-42-16-12-24)37-31(39)33-19-23-8-5-7-22(17-23)18-27(40)26-9-3-4-14-38(26)28(41)10-6-13-32;1-9(2)11-8-16-20-12(11)18-13(19-14(20)15-3)17-10-4-6-21-7-5-10;1-3-7-12(14-2)13(15)10-11-8-5-4-6-9-11;1-3-5-4-2;5-3-1-2-4(6)7/h7-10,12,21,24-25,28,30H,3-6,11,13-20,22-23H2,1-2H3,(H2,36,38,39,40);5-8,10,17,20-21,24,26H,3-4,9,11-16,18-19H2,1-2H3,(H2,33,35,36,37);8-10H,4-7H2,1-3H3,(H2,15,17,18,19);4-6,8-9,12,14H,3,7,10H2,1-2H3;3-5H2,1-2H3;1-2H,3H2,(H,6,7)/b12-8+;10-6+;;;;2-1+. The van der Waals surface area contributed by atoms with Crippen LogP contribution in [0.2, 0.25) is 0 Å². The summed E-state index contributed by atoms with van der Waals surface area (Å²) in [6.45, 7) is 29.1. The first-order valence-electron chi connectivity index (χ1n) is 49.1. The number of alkyl halides is 2. The first kappa shape index (κ1) is 108. The van der Waals surface area contributed by atoms with E-state index in [1.54, 1.807) is 41.6 Å². The lowest BCUT2D eigenvalue weighted by Gasteiger charge is -2.34. The number of carbonyl (C=O) groups is 6. The molecule has 15 rings (SSSR count). The maximum atomic E-state index is 13.6. The summed E-state index contributed by atoms with van der Waals surface area (Å²) in [7, 11) is 3.69. The third kappa shape index (κ3) is 33.7. The van der Waals surface area contributed by atoms with Crippen LogP contribution in [0.15, 0.2) is 134 Å². The number of likely N-dealkylation sites (tertiary alicyclic amines) is 3. The van der Waals surface area contributed by atoms with Crippen LogP contribution in [-0.4, -0.2) is 247 Å². The number of hydrogen-bond acceptors (Lipinski definition) is 26. The molecule has 0 bridgehead atoms. The van der Waals surface area contributed by atoms with Crippen LogP contribution >= 0.6 is 31.9 Å². The molecule has 738 valence electrons. The Morgan fingerprint density at radius 2 is 0.846 bits per heavy atom. The van der Waals surface area contributed by atoms with E-state index >= 15 is 0 Å². The second-order valence-electron chi connectivity index (χ2n) is 36.1. The molecule has 0 aliphatic carbocycles. The highest BCUT2D eigenvalue weighted by Crippen LogP contribution is 2.30. The fraction of sp³-hybridized carbons (Fsp3) is 0.559. The largest absolute Gasteiger partial charge is 0.478 e. The van der Waals surface area contributed by atoms with Crippen molar-refractivity contribution in [3.8, 4) is 0 Å². The number of Topliss-reactive ketones (excluding diaryl/α,β-unsaturated/α-hetero) is 3. The van der Waals surface area contributed by atoms with Gasteiger partial charge in [0.25, 0.3) is 0 Å². The summed E-state index contributed by atoms with van der Waals surface area (Å²) in [5, 5.41) is 46.2. The molecule has 3 atom stereocenters. The quantitative estimate of drug-likeness (QED) is 0.0132. The lowest BCUT2D eigenvalue weighted by atomic mass is 9.94. The Morgan fingerprint density at radius 1 is 0.456 bits per heavy atom. The third-order valence-electron chi connectivity index (χ3n) is 24.7. The number of amides is 2. The number of likely N-dealkylation sites (N-methyl/N-ethyl adjacent to an activating group) is 1. The molecular weight excluding hydrogens is 1850 g/mol. The molecule has 6 aromatic heterocycles. The zero-order chi connectivity index (χ0) is 97.1. The molecule has 9 aromatic rings. The minimum absolute atomic E-state index is 0.00945. The Labute approximate surface area is 819 Å². The number of carboxylic acids is 1. The van der Waals surface area contributed by atoms with Crippen LogP contribution in [0.4, 0.5) is 35.7 Å². The minimum atomic E-state index is -0.903. The lowest BCUT2D eigenvalue weighted by molar-refractivity contribution is -0.137. The summed E-state index contributed by atoms with van der Waals surface area (Å²) in [4.78, 5) is 109. The van der Waals surface area contributed by atoms with Gasteiger partial charge in [-0.15, -0.1) is 0 Å². The number of aromatic nitrogens is 12. The van der Waals surface area contributed by atoms with E-state index in [9.17, 15) is 28.8 Å². The molecule has 6 aliphatic heterocycles. The fourth-order valence-corrected chi connectivity index (χ4v) is 17.5. The monoisotopic (exact) mass is 2000 g/mol. The number of anilines is 6. The number of ketones is 3. The van der Waals surface area contributed by atoms with Gasteiger partial charge in [0.15, 0.2) is 34.3 Å². The van der Waals surface area contributed by atoms with E-state index in [1.807, 2.05) is 112 Å². The van der Waals surface area contributed by atoms with Crippen LogP contribution in [0.3, 0.4) is 0 Å². The highest BCUT2D eigenvalue weighted by atomic mass is 79.9. The Bertz CT molecular complexity index is 5290. The predicted octanol–water partition coefficient (Wildman–Crippen LogP) is 16.8. The predicted molar refractivity (Wildman–Crippen MR) is 547 cm³/mol. The number of carbonyl (C=O) groups excluding carboxylic acids is 5. The molecule has 8 N–H and O–H groups in total. The molecule has 0 spiro atoms. The molecule has 34 heteroatoms. The molecule has 3 unspecified atom stereocenters. The minimum Gasteiger partial charge on any atom is -0.478 e. The average Bonchev–Trinajstić information content (AvgIpc) is 1.63. The highest BCUT2D eigenvalue weighted by molar-refractivity contribution is 9.09. The second kappa shape index (κ2) is 57.7. The molecule has 136 heavy (non-hydrogen) atoms. The molecule has 0 radical (unpaired) electrons. The number of allylic oxidation sites excluding steroid dienone is 2. The van der Waals surface area contributed by atoms with Gasteiger partial charge in [0.1, 0.15) is 0 Å². The maximum absolute atomic E-state index is 13.6. The van der Waals surface area contributed by atoms with Crippen LogP contribution in [0.5, 0.6) is 0 Å².